The van der Waals surface area contributed by atoms with Crippen LogP contribution in [-0.4, -0.2) is 51.5 Å². The van der Waals surface area contributed by atoms with E-state index < -0.39 is 5.41 Å². The summed E-state index contributed by atoms with van der Waals surface area (Å²) in [5.74, 6) is 1.15. The molecule has 5 rings (SSSR count). The van der Waals surface area contributed by atoms with Crippen molar-refractivity contribution in [2.45, 2.75) is 71.6 Å². The van der Waals surface area contributed by atoms with Crippen molar-refractivity contribution < 1.29 is 14.6 Å². The smallest absolute Gasteiger partial charge is 0.320 e. The zero-order chi connectivity index (χ0) is 33.7. The lowest BCUT2D eigenvalue weighted by molar-refractivity contribution is 0.107. The molecule has 0 saturated carbocycles. The molecule has 0 spiro atoms. The van der Waals surface area contributed by atoms with E-state index in [4.69, 9.17) is 21.0 Å². The van der Waals surface area contributed by atoms with E-state index in [1.165, 1.54) is 4.57 Å². The van der Waals surface area contributed by atoms with E-state index in [9.17, 15) is 9.90 Å². The maximum absolute atomic E-state index is 13.4. The van der Waals surface area contributed by atoms with Gasteiger partial charge in [0.15, 0.2) is 0 Å². The van der Waals surface area contributed by atoms with Gasteiger partial charge in [-0.05, 0) is 68.0 Å². The Labute approximate surface area is 276 Å². The molecular formula is C36H46N8O3. The van der Waals surface area contributed by atoms with Gasteiger partial charge in [0, 0.05) is 36.0 Å². The topological polar surface area (TPSA) is 162 Å². The largest absolute Gasteiger partial charge is 0.484 e. The second-order valence-corrected chi connectivity index (χ2v) is 13.3. The van der Waals surface area contributed by atoms with E-state index in [-0.39, 0.29) is 35.7 Å². The van der Waals surface area contributed by atoms with E-state index in [1.807, 2.05) is 81.1 Å². The van der Waals surface area contributed by atoms with Gasteiger partial charge in [0.2, 0.25) is 5.96 Å². The van der Waals surface area contributed by atoms with Crippen molar-refractivity contribution in [1.29, 1.82) is 16.2 Å². The van der Waals surface area contributed by atoms with E-state index in [1.54, 1.807) is 24.4 Å². The Morgan fingerprint density at radius 3 is 2.32 bits per heavy atom. The van der Waals surface area contributed by atoms with E-state index >= 15 is 0 Å². The summed E-state index contributed by atoms with van der Waals surface area (Å²) in [6.45, 7) is 9.01. The normalized spacial score (nSPS) is 18.6. The first-order valence-electron chi connectivity index (χ1n) is 16.1. The number of fused-ring (bicyclic) bond motifs is 1. The summed E-state index contributed by atoms with van der Waals surface area (Å²) in [7, 11) is 0. The number of nitrogens with one attached hydrogen (secondary N) is 6. The van der Waals surface area contributed by atoms with Gasteiger partial charge in [-0.25, -0.2) is 4.79 Å². The van der Waals surface area contributed by atoms with Gasteiger partial charge in [-0.3, -0.25) is 20.7 Å². The second kappa shape index (κ2) is 14.3. The van der Waals surface area contributed by atoms with Crippen molar-refractivity contribution in [2.75, 3.05) is 18.4 Å². The molecular weight excluding hydrogens is 592 g/mol. The minimum Gasteiger partial charge on any atom is -0.484 e. The molecule has 11 nitrogen and oxygen atoms in total. The average Bonchev–Trinajstić information content (AvgIpc) is 3.03. The third kappa shape index (κ3) is 8.48. The van der Waals surface area contributed by atoms with Crippen molar-refractivity contribution in [3.8, 4) is 5.75 Å². The zero-order valence-electron chi connectivity index (χ0n) is 27.6. The van der Waals surface area contributed by atoms with Crippen molar-refractivity contribution in [3.63, 3.8) is 0 Å². The monoisotopic (exact) mass is 638 g/mol. The maximum Gasteiger partial charge on any atom is 0.320 e. The van der Waals surface area contributed by atoms with Gasteiger partial charge in [-0.15, -0.1) is 0 Å². The van der Waals surface area contributed by atoms with Gasteiger partial charge in [-0.2, -0.15) is 0 Å². The molecule has 1 aliphatic carbocycles. The molecule has 2 heterocycles. The SMILES string of the molecule is Cc1ccc(N/C(=C\C(=N)C(C)(C)C)NC(=O)N[C@H]2CC[C@@H](Oc3ccc(=N)n(C(=N)N4CCC(O)CC4)c3)c3ccccc32)cc1. The molecule has 3 aromatic rings. The Morgan fingerprint density at radius 2 is 1.64 bits per heavy atom. The molecule has 0 unspecified atom stereocenters. The fourth-order valence-corrected chi connectivity index (χ4v) is 5.72. The number of urea groups is 1. The number of amides is 2. The Balaban J connectivity index is 1.29. The summed E-state index contributed by atoms with van der Waals surface area (Å²) in [4.78, 5) is 15.3. The Morgan fingerprint density at radius 1 is 0.957 bits per heavy atom. The van der Waals surface area contributed by atoms with Crippen LogP contribution in [0.15, 0.2) is 78.8 Å². The third-order valence-corrected chi connectivity index (χ3v) is 8.61. The van der Waals surface area contributed by atoms with Gasteiger partial charge in [0.05, 0.1) is 18.3 Å². The number of hydrogen-bond acceptors (Lipinski definition) is 7. The Kier molecular flexibility index (Phi) is 10.1. The highest BCUT2D eigenvalue weighted by molar-refractivity contribution is 5.97. The minimum atomic E-state index is -0.396. The van der Waals surface area contributed by atoms with Crippen LogP contribution in [0.2, 0.25) is 0 Å². The molecule has 1 saturated heterocycles. The number of carbonyl (C=O) groups is 1. The van der Waals surface area contributed by atoms with Crippen LogP contribution in [0.1, 0.15) is 75.3 Å². The molecule has 47 heavy (non-hydrogen) atoms. The standard InChI is InChI=1S/C36H46N8O3/c1-23-9-11-24(12-10-23)40-33(21-31(37)36(2,3)4)42-35(46)41-29-14-15-30(28-8-6-5-7-27(28)29)47-26-13-16-32(38)44(22-26)34(39)43-19-17-25(45)18-20-43/h5-13,16,21-22,25,29-30,37-40,45H,14-15,17-20H2,1-4H3,(H2,41,42,46)/b33-21+,37-31?,38-32?,39-34?/t29-,30+/m0/s1. The fraction of sp³-hybridized carbons (Fsp3) is 0.389. The maximum atomic E-state index is 13.4. The highest BCUT2D eigenvalue weighted by atomic mass is 16.5. The quantitative estimate of drug-likeness (QED) is 0.129. The first-order valence-corrected chi connectivity index (χ1v) is 16.1. The van der Waals surface area contributed by atoms with E-state index in [2.05, 4.69) is 16.0 Å². The van der Waals surface area contributed by atoms with E-state index in [0.29, 0.717) is 56.1 Å². The average molecular weight is 639 g/mol. The number of anilines is 1. The molecule has 0 bridgehead atoms. The van der Waals surface area contributed by atoms with Gasteiger partial charge < -0.3 is 30.8 Å². The summed E-state index contributed by atoms with van der Waals surface area (Å²) in [6.07, 6.45) is 5.19. The van der Waals surface area contributed by atoms with Crippen LogP contribution in [0, 0.1) is 28.6 Å². The number of benzene rings is 2. The number of aryl methyl sites for hydroxylation is 1. The Bertz CT molecular complexity index is 1700. The summed E-state index contributed by atoms with van der Waals surface area (Å²) in [5, 5.41) is 44.8. The lowest BCUT2D eigenvalue weighted by atomic mass is 9.85. The molecule has 2 aliphatic rings. The van der Waals surface area contributed by atoms with Crippen LogP contribution >= 0.6 is 0 Å². The Hall–Kier alpha value is -4.90. The number of pyridine rings is 1. The number of nitrogens with zero attached hydrogens (tertiary/aromatic N) is 2. The lowest BCUT2D eigenvalue weighted by Crippen LogP contribution is -2.45. The van der Waals surface area contributed by atoms with Crippen LogP contribution in [0.3, 0.4) is 0 Å². The molecule has 1 aliphatic heterocycles. The van der Waals surface area contributed by atoms with Crippen molar-refractivity contribution >= 4 is 23.4 Å². The number of aromatic nitrogens is 1. The number of piperidine rings is 1. The number of allylic oxidation sites excluding steroid dienone is 1. The molecule has 248 valence electrons. The summed E-state index contributed by atoms with van der Waals surface area (Å²) < 4.78 is 7.98. The predicted molar refractivity (Wildman–Crippen MR) is 184 cm³/mol. The van der Waals surface area contributed by atoms with Crippen LogP contribution in [-0.2, 0) is 0 Å². The van der Waals surface area contributed by atoms with Gasteiger partial charge in [0.25, 0.3) is 0 Å². The van der Waals surface area contributed by atoms with Crippen LogP contribution in [0.5, 0.6) is 5.75 Å². The van der Waals surface area contributed by atoms with Crippen molar-refractivity contribution in [1.82, 2.24) is 20.1 Å². The van der Waals surface area contributed by atoms with E-state index in [0.717, 1.165) is 22.4 Å². The van der Waals surface area contributed by atoms with Crippen molar-refractivity contribution in [2.24, 2.45) is 5.41 Å². The minimum absolute atomic E-state index is 0.177. The molecule has 2 aromatic carbocycles. The van der Waals surface area contributed by atoms with Crippen LogP contribution in [0.4, 0.5) is 10.5 Å². The molecule has 2 atom stereocenters. The molecule has 1 aromatic heterocycles. The second-order valence-electron chi connectivity index (χ2n) is 13.3. The van der Waals surface area contributed by atoms with Crippen molar-refractivity contribution in [3.05, 3.63) is 101 Å². The number of likely N-dealkylation sites (tertiary alicyclic amines) is 1. The summed E-state index contributed by atoms with van der Waals surface area (Å²) in [5.41, 5.74) is 4.01. The van der Waals surface area contributed by atoms with Gasteiger partial charge in [-0.1, -0.05) is 62.7 Å². The first kappa shape index (κ1) is 33.5. The molecule has 2 amide bonds. The van der Waals surface area contributed by atoms with Gasteiger partial charge >= 0.3 is 6.03 Å². The first-order chi connectivity index (χ1) is 22.4. The van der Waals surface area contributed by atoms with Crippen LogP contribution < -0.4 is 26.2 Å². The third-order valence-electron chi connectivity index (χ3n) is 8.61. The fourth-order valence-electron chi connectivity index (χ4n) is 5.72. The molecule has 7 N–H and O–H groups in total. The predicted octanol–water partition coefficient (Wildman–Crippen LogP) is 5.79. The molecule has 11 heteroatoms. The molecule has 1 fully saturated rings. The number of aliphatic hydroxyl groups excluding tert-OH is 1. The summed E-state index contributed by atoms with van der Waals surface area (Å²) >= 11 is 0. The highest BCUT2D eigenvalue weighted by Gasteiger charge is 2.30. The zero-order valence-corrected chi connectivity index (χ0v) is 27.6. The van der Waals surface area contributed by atoms with Gasteiger partial charge in [0.1, 0.15) is 23.2 Å². The molecule has 0 radical (unpaired) electrons. The highest BCUT2D eigenvalue weighted by Crippen LogP contribution is 2.38. The number of carbonyl (C=O) groups excluding carboxylic acids is 1. The summed E-state index contributed by atoms with van der Waals surface area (Å²) in [6, 6.07) is 18.5. The number of ether oxygens (including phenoxy) is 1. The number of aliphatic hydroxyl groups is 1. The number of rotatable bonds is 7. The van der Waals surface area contributed by atoms with Crippen LogP contribution in [0.25, 0.3) is 0 Å². The number of hydrogen-bond donors (Lipinski definition) is 7. The lowest BCUT2D eigenvalue weighted by Gasteiger charge is -2.33.